The summed E-state index contributed by atoms with van der Waals surface area (Å²) >= 11 is 0. The second-order valence-corrected chi connectivity index (χ2v) is 6.87. The molecule has 6 nitrogen and oxygen atoms in total. The second kappa shape index (κ2) is 5.51. The molecule has 1 N–H and O–H groups in total. The van der Waals surface area contributed by atoms with E-state index in [-0.39, 0.29) is 4.90 Å². The molecule has 0 radical (unpaired) electrons. The lowest BCUT2D eigenvalue weighted by molar-refractivity contribution is 0.589. The third kappa shape index (κ3) is 2.49. The normalized spacial score (nSPS) is 11.6. The predicted molar refractivity (Wildman–Crippen MR) is 90.9 cm³/mol. The summed E-state index contributed by atoms with van der Waals surface area (Å²) < 4.78 is 26.9. The Morgan fingerprint density at radius 2 is 1.87 bits per heavy atom. The van der Waals surface area contributed by atoms with Crippen LogP contribution in [0.1, 0.15) is 11.3 Å². The minimum Gasteiger partial charge on any atom is -0.357 e. The molecular formula is C16H16N4O2S. The molecule has 0 fully saturated rings. The predicted octanol–water partition coefficient (Wildman–Crippen LogP) is 2.66. The van der Waals surface area contributed by atoms with Crippen molar-refractivity contribution in [3.05, 3.63) is 54.4 Å². The molecule has 0 aliphatic carbocycles. The summed E-state index contributed by atoms with van der Waals surface area (Å²) in [4.78, 5) is 8.77. The van der Waals surface area contributed by atoms with Crippen molar-refractivity contribution in [1.29, 1.82) is 0 Å². The first-order chi connectivity index (χ1) is 11.0. The summed E-state index contributed by atoms with van der Waals surface area (Å²) in [6.45, 7) is 5.63. The van der Waals surface area contributed by atoms with E-state index >= 15 is 0 Å². The third-order valence-corrected chi connectivity index (χ3v) is 5.22. The minimum absolute atomic E-state index is 0.213. The lowest BCUT2D eigenvalue weighted by atomic mass is 10.2. The first-order valence-corrected chi connectivity index (χ1v) is 8.43. The zero-order chi connectivity index (χ0) is 16.6. The number of fused-ring (bicyclic) bond motifs is 1. The van der Waals surface area contributed by atoms with Gasteiger partial charge in [-0.3, -0.25) is 0 Å². The van der Waals surface area contributed by atoms with E-state index in [1.54, 1.807) is 43.5 Å². The van der Waals surface area contributed by atoms with Crippen LogP contribution in [0.4, 0.5) is 5.95 Å². The number of rotatable bonds is 4. The molecule has 0 aliphatic heterocycles. The standard InChI is InChI=1S/C16H16N4O2S/c1-4-14-13-9-10-20(15(13)19-16(17-3)18-14)23(21,22)12-7-5-11(2)6-8-12/h4-10H,1H2,2-3H3,(H,17,18,19). The van der Waals surface area contributed by atoms with E-state index in [2.05, 4.69) is 21.9 Å². The van der Waals surface area contributed by atoms with Gasteiger partial charge in [0.1, 0.15) is 0 Å². The largest absolute Gasteiger partial charge is 0.357 e. The van der Waals surface area contributed by atoms with Crippen molar-refractivity contribution >= 4 is 33.1 Å². The fourth-order valence-corrected chi connectivity index (χ4v) is 3.60. The Labute approximate surface area is 134 Å². The summed E-state index contributed by atoms with van der Waals surface area (Å²) in [5.41, 5.74) is 1.90. The number of aromatic nitrogens is 3. The molecule has 0 aliphatic rings. The molecule has 0 bridgehead atoms. The Morgan fingerprint density at radius 1 is 1.17 bits per heavy atom. The van der Waals surface area contributed by atoms with Crippen molar-refractivity contribution in [2.75, 3.05) is 12.4 Å². The quantitative estimate of drug-likeness (QED) is 0.797. The van der Waals surface area contributed by atoms with E-state index in [0.29, 0.717) is 22.7 Å². The van der Waals surface area contributed by atoms with E-state index < -0.39 is 10.0 Å². The zero-order valence-corrected chi connectivity index (χ0v) is 13.6. The number of nitrogens with one attached hydrogen (secondary N) is 1. The molecule has 23 heavy (non-hydrogen) atoms. The highest BCUT2D eigenvalue weighted by atomic mass is 32.2. The summed E-state index contributed by atoms with van der Waals surface area (Å²) in [5, 5.41) is 3.47. The molecule has 7 heteroatoms. The van der Waals surface area contributed by atoms with Gasteiger partial charge in [-0.2, -0.15) is 4.98 Å². The van der Waals surface area contributed by atoms with Gasteiger partial charge in [-0.05, 0) is 31.2 Å². The Balaban J connectivity index is 2.27. The Hall–Kier alpha value is -2.67. The number of aryl methyl sites for hydroxylation is 1. The molecule has 3 aromatic rings. The highest BCUT2D eigenvalue weighted by molar-refractivity contribution is 7.90. The van der Waals surface area contributed by atoms with Crippen LogP contribution in [-0.4, -0.2) is 29.4 Å². The van der Waals surface area contributed by atoms with Gasteiger partial charge in [-0.25, -0.2) is 17.4 Å². The highest BCUT2D eigenvalue weighted by Gasteiger charge is 2.21. The van der Waals surface area contributed by atoms with E-state index in [9.17, 15) is 8.42 Å². The second-order valence-electron chi connectivity index (χ2n) is 5.05. The molecule has 0 saturated carbocycles. The number of hydrogen-bond acceptors (Lipinski definition) is 5. The molecule has 2 heterocycles. The number of hydrogen-bond donors (Lipinski definition) is 1. The summed E-state index contributed by atoms with van der Waals surface area (Å²) in [6.07, 6.45) is 3.06. The van der Waals surface area contributed by atoms with Crippen LogP contribution >= 0.6 is 0 Å². The van der Waals surface area contributed by atoms with Gasteiger partial charge in [0, 0.05) is 18.6 Å². The van der Waals surface area contributed by atoms with Crippen LogP contribution < -0.4 is 5.32 Å². The lowest BCUT2D eigenvalue weighted by Crippen LogP contribution is -2.13. The van der Waals surface area contributed by atoms with Crippen LogP contribution in [0.2, 0.25) is 0 Å². The van der Waals surface area contributed by atoms with Crippen LogP contribution in [0.5, 0.6) is 0 Å². The SMILES string of the molecule is C=Cc1nc(NC)nc2c1ccn2S(=O)(=O)c1ccc(C)cc1. The van der Waals surface area contributed by atoms with Crippen LogP contribution in [0.15, 0.2) is 48.0 Å². The van der Waals surface area contributed by atoms with Gasteiger partial charge in [0.05, 0.1) is 10.6 Å². The van der Waals surface area contributed by atoms with Crippen LogP contribution in [-0.2, 0) is 10.0 Å². The molecule has 0 amide bonds. The van der Waals surface area contributed by atoms with Crippen LogP contribution in [0.3, 0.4) is 0 Å². The summed E-state index contributed by atoms with van der Waals surface area (Å²) in [5.74, 6) is 0.339. The van der Waals surface area contributed by atoms with Crippen molar-refractivity contribution in [3.63, 3.8) is 0 Å². The number of anilines is 1. The fourth-order valence-electron chi connectivity index (χ4n) is 2.30. The maximum atomic E-state index is 12.9. The molecule has 118 valence electrons. The Bertz CT molecular complexity index is 989. The molecule has 0 atom stereocenters. The molecule has 0 spiro atoms. The van der Waals surface area contributed by atoms with Crippen molar-refractivity contribution in [2.24, 2.45) is 0 Å². The van der Waals surface area contributed by atoms with E-state index in [1.807, 2.05) is 6.92 Å². The summed E-state index contributed by atoms with van der Waals surface area (Å²) in [6, 6.07) is 8.39. The monoisotopic (exact) mass is 328 g/mol. The van der Waals surface area contributed by atoms with E-state index in [1.165, 1.54) is 10.2 Å². The maximum absolute atomic E-state index is 12.9. The van der Waals surface area contributed by atoms with E-state index in [4.69, 9.17) is 0 Å². The highest BCUT2D eigenvalue weighted by Crippen LogP contribution is 2.24. The third-order valence-electron chi connectivity index (χ3n) is 3.54. The van der Waals surface area contributed by atoms with Gasteiger partial charge in [0.25, 0.3) is 10.0 Å². The van der Waals surface area contributed by atoms with Crippen molar-refractivity contribution in [3.8, 4) is 0 Å². The topological polar surface area (TPSA) is 76.9 Å². The average molecular weight is 328 g/mol. The van der Waals surface area contributed by atoms with Crippen molar-refractivity contribution in [2.45, 2.75) is 11.8 Å². The molecule has 0 unspecified atom stereocenters. The molecule has 3 rings (SSSR count). The summed E-state index contributed by atoms with van der Waals surface area (Å²) in [7, 11) is -2.05. The van der Waals surface area contributed by atoms with Gasteiger partial charge in [-0.1, -0.05) is 24.3 Å². The van der Waals surface area contributed by atoms with Gasteiger partial charge >= 0.3 is 0 Å². The number of nitrogens with zero attached hydrogens (tertiary/aromatic N) is 3. The fraction of sp³-hybridized carbons (Fsp3) is 0.125. The molecular weight excluding hydrogens is 312 g/mol. The van der Waals surface area contributed by atoms with Gasteiger partial charge < -0.3 is 5.32 Å². The van der Waals surface area contributed by atoms with Gasteiger partial charge in [0.2, 0.25) is 5.95 Å². The van der Waals surface area contributed by atoms with Crippen LogP contribution in [0.25, 0.3) is 17.1 Å². The van der Waals surface area contributed by atoms with Gasteiger partial charge in [0.15, 0.2) is 5.65 Å². The molecule has 0 saturated heterocycles. The average Bonchev–Trinajstić information content (AvgIpc) is 2.98. The smallest absolute Gasteiger partial charge is 0.269 e. The van der Waals surface area contributed by atoms with Crippen LogP contribution in [0, 0.1) is 6.92 Å². The zero-order valence-electron chi connectivity index (χ0n) is 12.8. The van der Waals surface area contributed by atoms with Crippen molar-refractivity contribution in [1.82, 2.24) is 13.9 Å². The molecule has 1 aromatic carbocycles. The van der Waals surface area contributed by atoms with E-state index in [0.717, 1.165) is 5.56 Å². The minimum atomic E-state index is -3.72. The Kier molecular flexibility index (Phi) is 3.65. The van der Waals surface area contributed by atoms with Gasteiger partial charge in [-0.15, -0.1) is 0 Å². The van der Waals surface area contributed by atoms with Crippen molar-refractivity contribution < 1.29 is 8.42 Å². The molecule has 2 aromatic heterocycles. The maximum Gasteiger partial charge on any atom is 0.269 e. The number of benzene rings is 1. The Morgan fingerprint density at radius 3 is 2.48 bits per heavy atom. The lowest BCUT2D eigenvalue weighted by Gasteiger charge is -2.09. The first-order valence-electron chi connectivity index (χ1n) is 6.99. The first kappa shape index (κ1) is 15.2.